The lowest BCUT2D eigenvalue weighted by molar-refractivity contribution is 0.586. The summed E-state index contributed by atoms with van der Waals surface area (Å²) >= 11 is 0. The Balaban J connectivity index is 2.32. The summed E-state index contributed by atoms with van der Waals surface area (Å²) in [6, 6.07) is 15.5. The van der Waals surface area contributed by atoms with E-state index >= 15 is 0 Å². The lowest BCUT2D eigenvalue weighted by Gasteiger charge is -2.18. The molecule has 1 unspecified atom stereocenters. The van der Waals surface area contributed by atoms with E-state index in [0.717, 1.165) is 12.0 Å². The highest BCUT2D eigenvalue weighted by atomic mass is 32.2. The Morgan fingerprint density at radius 3 is 2.43 bits per heavy atom. The molecule has 0 saturated heterocycles. The van der Waals surface area contributed by atoms with Crippen LogP contribution < -0.4 is 5.32 Å². The van der Waals surface area contributed by atoms with Crippen molar-refractivity contribution in [1.29, 1.82) is 0 Å². The van der Waals surface area contributed by atoms with Gasteiger partial charge in [0.15, 0.2) is 9.84 Å². The molecule has 0 heterocycles. The van der Waals surface area contributed by atoms with Crippen LogP contribution in [0.15, 0.2) is 53.4 Å². The van der Waals surface area contributed by atoms with Crippen molar-refractivity contribution in [2.45, 2.75) is 24.3 Å². The third-order valence-corrected chi connectivity index (χ3v) is 4.83. The second kappa shape index (κ2) is 6.41. The second-order valence-corrected chi connectivity index (χ2v) is 7.33. The Labute approximate surface area is 126 Å². The van der Waals surface area contributed by atoms with E-state index in [1.165, 1.54) is 17.4 Å². The Hall–Kier alpha value is -1.65. The highest BCUT2D eigenvalue weighted by molar-refractivity contribution is 7.90. The van der Waals surface area contributed by atoms with E-state index in [0.29, 0.717) is 4.90 Å². The van der Waals surface area contributed by atoms with E-state index in [9.17, 15) is 8.42 Å². The third kappa shape index (κ3) is 3.93. The number of hydrogen-bond acceptors (Lipinski definition) is 3. The third-order valence-electron chi connectivity index (χ3n) is 3.72. The predicted molar refractivity (Wildman–Crippen MR) is 86.2 cm³/mol. The van der Waals surface area contributed by atoms with Gasteiger partial charge in [-0.3, -0.25) is 0 Å². The molecule has 0 saturated carbocycles. The maximum Gasteiger partial charge on any atom is 0.175 e. The summed E-state index contributed by atoms with van der Waals surface area (Å²) < 4.78 is 23.4. The summed E-state index contributed by atoms with van der Waals surface area (Å²) in [7, 11) is -1.28. The topological polar surface area (TPSA) is 46.2 Å². The van der Waals surface area contributed by atoms with Gasteiger partial charge in [-0.2, -0.15) is 0 Å². The normalized spacial score (nSPS) is 13.1. The van der Waals surface area contributed by atoms with Gasteiger partial charge in [0.25, 0.3) is 0 Å². The zero-order valence-corrected chi connectivity index (χ0v) is 13.4. The minimum absolute atomic E-state index is 0.0906. The molecule has 4 heteroatoms. The Bertz CT molecular complexity index is 723. The van der Waals surface area contributed by atoms with Gasteiger partial charge in [-0.05, 0) is 49.2 Å². The van der Waals surface area contributed by atoms with E-state index < -0.39 is 9.84 Å². The van der Waals surface area contributed by atoms with Gasteiger partial charge in [-0.1, -0.05) is 36.4 Å². The highest BCUT2D eigenvalue weighted by Crippen LogP contribution is 2.22. The molecule has 0 aliphatic carbocycles. The zero-order chi connectivity index (χ0) is 15.5. The molecule has 2 aromatic carbocycles. The number of aryl methyl sites for hydroxylation is 1. The highest BCUT2D eigenvalue weighted by Gasteiger charge is 2.14. The van der Waals surface area contributed by atoms with Gasteiger partial charge in [0.1, 0.15) is 0 Å². The number of hydrogen-bond donors (Lipinski definition) is 1. The van der Waals surface area contributed by atoms with Crippen LogP contribution in [-0.4, -0.2) is 21.7 Å². The molecule has 21 heavy (non-hydrogen) atoms. The van der Waals surface area contributed by atoms with Crippen LogP contribution in [0.5, 0.6) is 0 Å². The van der Waals surface area contributed by atoms with Crippen molar-refractivity contribution >= 4 is 9.84 Å². The Kier molecular flexibility index (Phi) is 4.80. The SMILES string of the molecule is CNC(Cc1ccccc1C)c1cccc(S(C)(=O)=O)c1. The summed E-state index contributed by atoms with van der Waals surface area (Å²) in [5, 5.41) is 3.28. The molecular formula is C17H21NO2S. The number of benzene rings is 2. The van der Waals surface area contributed by atoms with Crippen LogP contribution in [0.3, 0.4) is 0 Å². The zero-order valence-electron chi connectivity index (χ0n) is 12.6. The van der Waals surface area contributed by atoms with Gasteiger partial charge in [-0.15, -0.1) is 0 Å². The largest absolute Gasteiger partial charge is 0.313 e. The summed E-state index contributed by atoms with van der Waals surface area (Å²) in [6.07, 6.45) is 2.07. The molecule has 3 nitrogen and oxygen atoms in total. The van der Waals surface area contributed by atoms with Gasteiger partial charge in [0, 0.05) is 12.3 Å². The lowest BCUT2D eigenvalue weighted by Crippen LogP contribution is -2.19. The van der Waals surface area contributed by atoms with Crippen LogP contribution in [0.1, 0.15) is 22.7 Å². The average Bonchev–Trinajstić information content (AvgIpc) is 2.46. The molecule has 112 valence electrons. The smallest absolute Gasteiger partial charge is 0.175 e. The summed E-state index contributed by atoms with van der Waals surface area (Å²) in [5.74, 6) is 0. The minimum Gasteiger partial charge on any atom is -0.313 e. The fourth-order valence-corrected chi connectivity index (χ4v) is 3.08. The fraction of sp³-hybridized carbons (Fsp3) is 0.294. The minimum atomic E-state index is -3.18. The van der Waals surface area contributed by atoms with Gasteiger partial charge < -0.3 is 5.32 Å². The predicted octanol–water partition coefficient (Wildman–Crippen LogP) is 2.90. The van der Waals surface area contributed by atoms with Crippen molar-refractivity contribution in [3.63, 3.8) is 0 Å². The molecule has 0 spiro atoms. The first-order valence-electron chi connectivity index (χ1n) is 6.93. The molecule has 0 bridgehead atoms. The van der Waals surface area contributed by atoms with Crippen molar-refractivity contribution in [2.24, 2.45) is 0 Å². The molecule has 0 fully saturated rings. The molecule has 0 aliphatic heterocycles. The number of rotatable bonds is 5. The van der Waals surface area contributed by atoms with Gasteiger partial charge in [-0.25, -0.2) is 8.42 Å². The lowest BCUT2D eigenvalue weighted by atomic mass is 9.96. The molecule has 0 aliphatic rings. The van der Waals surface area contributed by atoms with Crippen LogP contribution in [-0.2, 0) is 16.3 Å². The quantitative estimate of drug-likeness (QED) is 0.924. The van der Waals surface area contributed by atoms with Crippen LogP contribution in [0.2, 0.25) is 0 Å². The van der Waals surface area contributed by atoms with Crippen LogP contribution in [0.25, 0.3) is 0 Å². The van der Waals surface area contributed by atoms with Crippen LogP contribution in [0, 0.1) is 6.92 Å². The summed E-state index contributed by atoms with van der Waals surface area (Å²) in [6.45, 7) is 2.09. The standard InChI is InChI=1S/C17H21NO2S/c1-13-7-4-5-8-14(13)12-17(18-2)15-9-6-10-16(11-15)21(3,19)20/h4-11,17-18H,12H2,1-3H3. The molecule has 2 aromatic rings. The molecule has 0 radical (unpaired) electrons. The summed E-state index contributed by atoms with van der Waals surface area (Å²) in [5.41, 5.74) is 3.50. The average molecular weight is 303 g/mol. The summed E-state index contributed by atoms with van der Waals surface area (Å²) in [4.78, 5) is 0.366. The van der Waals surface area contributed by atoms with E-state index in [1.807, 2.05) is 25.2 Å². The molecular weight excluding hydrogens is 282 g/mol. The van der Waals surface area contributed by atoms with Crippen molar-refractivity contribution in [3.8, 4) is 0 Å². The van der Waals surface area contributed by atoms with E-state index in [-0.39, 0.29) is 6.04 Å². The first-order valence-corrected chi connectivity index (χ1v) is 8.82. The molecule has 1 N–H and O–H groups in total. The number of nitrogens with one attached hydrogen (secondary N) is 1. The monoisotopic (exact) mass is 303 g/mol. The Morgan fingerprint density at radius 2 is 1.81 bits per heavy atom. The van der Waals surface area contributed by atoms with Gasteiger partial charge in [0.2, 0.25) is 0 Å². The first kappa shape index (κ1) is 15.7. The van der Waals surface area contributed by atoms with Crippen molar-refractivity contribution < 1.29 is 8.42 Å². The maximum absolute atomic E-state index is 11.7. The first-order chi connectivity index (χ1) is 9.91. The van der Waals surface area contributed by atoms with Gasteiger partial charge in [0.05, 0.1) is 4.90 Å². The fourth-order valence-electron chi connectivity index (χ4n) is 2.41. The maximum atomic E-state index is 11.7. The number of sulfone groups is 1. The van der Waals surface area contributed by atoms with Crippen LogP contribution >= 0.6 is 0 Å². The molecule has 2 rings (SSSR count). The van der Waals surface area contributed by atoms with E-state index in [4.69, 9.17) is 0 Å². The Morgan fingerprint density at radius 1 is 1.10 bits per heavy atom. The van der Waals surface area contributed by atoms with E-state index in [1.54, 1.807) is 18.2 Å². The van der Waals surface area contributed by atoms with Crippen LogP contribution in [0.4, 0.5) is 0 Å². The van der Waals surface area contributed by atoms with Crippen molar-refractivity contribution in [2.75, 3.05) is 13.3 Å². The number of likely N-dealkylation sites (N-methyl/N-ethyl adjacent to an activating group) is 1. The van der Waals surface area contributed by atoms with Crippen molar-refractivity contribution in [1.82, 2.24) is 5.32 Å². The molecule has 1 atom stereocenters. The molecule has 0 aromatic heterocycles. The second-order valence-electron chi connectivity index (χ2n) is 5.32. The van der Waals surface area contributed by atoms with E-state index in [2.05, 4.69) is 24.4 Å². The van der Waals surface area contributed by atoms with Crippen molar-refractivity contribution in [3.05, 3.63) is 65.2 Å². The molecule has 0 amide bonds. The van der Waals surface area contributed by atoms with Gasteiger partial charge >= 0.3 is 0 Å².